The minimum atomic E-state index is -0.815. The van der Waals surface area contributed by atoms with E-state index in [1.165, 1.54) is 24.1 Å². The van der Waals surface area contributed by atoms with Gasteiger partial charge >= 0.3 is 6.09 Å². The van der Waals surface area contributed by atoms with Crippen LogP contribution in [0.25, 0.3) is 11.3 Å². The van der Waals surface area contributed by atoms with Crippen molar-refractivity contribution in [2.24, 2.45) is 0 Å². The predicted molar refractivity (Wildman–Crippen MR) is 128 cm³/mol. The summed E-state index contributed by atoms with van der Waals surface area (Å²) >= 11 is 5.99. The van der Waals surface area contributed by atoms with Crippen LogP contribution in [0.2, 0.25) is 5.02 Å². The van der Waals surface area contributed by atoms with Gasteiger partial charge < -0.3 is 14.4 Å². The van der Waals surface area contributed by atoms with Gasteiger partial charge in [0.1, 0.15) is 12.4 Å². The molecular formula is C24H26ClFN4O5. The summed E-state index contributed by atoms with van der Waals surface area (Å²) in [4.78, 5) is 24.7. The molecule has 3 aromatic rings. The average molecular weight is 505 g/mol. The fraction of sp³-hybridized carbons (Fsp3) is 0.292. The maximum Gasteiger partial charge on any atom is 0.412 e. The fourth-order valence-electron chi connectivity index (χ4n) is 3.38. The molecule has 0 aliphatic rings. The van der Waals surface area contributed by atoms with Crippen LogP contribution in [-0.4, -0.2) is 46.0 Å². The Hall–Kier alpha value is -3.47. The molecule has 0 radical (unpaired) electrons. The van der Waals surface area contributed by atoms with Gasteiger partial charge in [-0.25, -0.2) is 14.6 Å². The number of benzene rings is 2. The number of hydrogen-bond donors (Lipinski definition) is 3. The van der Waals surface area contributed by atoms with Gasteiger partial charge in [0.15, 0.2) is 11.6 Å². The van der Waals surface area contributed by atoms with Crippen molar-refractivity contribution in [2.75, 3.05) is 11.9 Å². The van der Waals surface area contributed by atoms with Crippen LogP contribution >= 0.6 is 11.6 Å². The third-order valence-electron chi connectivity index (χ3n) is 4.99. The van der Waals surface area contributed by atoms with Crippen molar-refractivity contribution >= 4 is 29.4 Å². The molecule has 0 aliphatic heterocycles. The summed E-state index contributed by atoms with van der Waals surface area (Å²) in [7, 11) is 0. The fourth-order valence-corrected chi connectivity index (χ4v) is 3.57. The molecule has 1 aromatic heterocycles. The summed E-state index contributed by atoms with van der Waals surface area (Å²) in [5.41, 5.74) is 4.12. The van der Waals surface area contributed by atoms with Crippen molar-refractivity contribution in [1.29, 1.82) is 0 Å². The van der Waals surface area contributed by atoms with Crippen LogP contribution in [0.5, 0.6) is 0 Å². The van der Waals surface area contributed by atoms with Crippen LogP contribution < -0.4 is 10.7 Å². The number of hydrazine groups is 1. The molecule has 0 bridgehead atoms. The van der Waals surface area contributed by atoms with Gasteiger partial charge in [-0.3, -0.25) is 15.1 Å². The Morgan fingerprint density at radius 1 is 1.23 bits per heavy atom. The minimum absolute atomic E-state index is 0.0415. The van der Waals surface area contributed by atoms with Gasteiger partial charge in [-0.1, -0.05) is 59.2 Å². The summed E-state index contributed by atoms with van der Waals surface area (Å²) in [6, 6.07) is 14.4. The number of halogens is 2. The maximum atomic E-state index is 13.7. The highest BCUT2D eigenvalue weighted by Gasteiger charge is 2.25. The number of amides is 2. The topological polar surface area (TPSA) is 117 Å². The van der Waals surface area contributed by atoms with Crippen LogP contribution in [0.4, 0.5) is 15.0 Å². The molecule has 3 N–H and O–H groups in total. The standard InChI is InChI=1S/C24H26ClFN4O5/c1-15(31)11-19(30(16(2)32)27-13-18-9-6-10-20(26)23(18)25)14-34-24(33)28-22-12-21(35-29-22)17-7-4-3-5-8-17/h3-10,12,15,19,27,31H,11,13-14H2,1-2H3,(H,28,29,33)/t15-,19+/m1/s1. The first kappa shape index (κ1) is 26.1. The molecular weight excluding hydrogens is 479 g/mol. The number of aliphatic hydroxyl groups excluding tert-OH is 1. The third-order valence-corrected chi connectivity index (χ3v) is 5.42. The lowest BCUT2D eigenvalue weighted by Gasteiger charge is -2.32. The summed E-state index contributed by atoms with van der Waals surface area (Å²) in [6.45, 7) is 2.68. The number of carbonyl (C=O) groups is 2. The van der Waals surface area contributed by atoms with Gasteiger partial charge in [0.2, 0.25) is 5.91 Å². The van der Waals surface area contributed by atoms with E-state index in [1.54, 1.807) is 19.1 Å². The lowest BCUT2D eigenvalue weighted by Crippen LogP contribution is -2.51. The second-order valence-electron chi connectivity index (χ2n) is 7.84. The van der Waals surface area contributed by atoms with Crippen molar-refractivity contribution < 1.29 is 28.3 Å². The zero-order chi connectivity index (χ0) is 25.4. The minimum Gasteiger partial charge on any atom is -0.447 e. The molecule has 0 unspecified atom stereocenters. The van der Waals surface area contributed by atoms with Crippen LogP contribution in [0.1, 0.15) is 25.8 Å². The molecule has 0 saturated heterocycles. The second-order valence-corrected chi connectivity index (χ2v) is 8.22. The summed E-state index contributed by atoms with van der Waals surface area (Å²) < 4.78 is 24.3. The van der Waals surface area contributed by atoms with E-state index in [-0.39, 0.29) is 30.4 Å². The first-order chi connectivity index (χ1) is 16.7. The molecule has 186 valence electrons. The number of hydrogen-bond acceptors (Lipinski definition) is 7. The molecule has 2 aromatic carbocycles. The Kier molecular flexibility index (Phi) is 9.18. The molecule has 0 saturated carbocycles. The summed E-state index contributed by atoms with van der Waals surface area (Å²) in [5, 5.41) is 17.4. The SMILES string of the molecule is CC(=O)N(NCc1cccc(F)c1Cl)[C@H](COC(=O)Nc1cc(-c2ccccc2)on1)C[C@@H](C)O. The molecule has 0 spiro atoms. The van der Waals surface area contributed by atoms with Gasteiger partial charge in [-0.05, 0) is 25.0 Å². The molecule has 2 amide bonds. The van der Waals surface area contributed by atoms with Crippen molar-refractivity contribution in [3.8, 4) is 11.3 Å². The average Bonchev–Trinajstić information content (AvgIpc) is 3.28. The molecule has 0 fully saturated rings. The van der Waals surface area contributed by atoms with E-state index >= 15 is 0 Å². The highest BCUT2D eigenvalue weighted by atomic mass is 35.5. The maximum absolute atomic E-state index is 13.7. The van der Waals surface area contributed by atoms with E-state index in [9.17, 15) is 19.1 Å². The number of ether oxygens (including phenoxy) is 1. The van der Waals surface area contributed by atoms with Crippen LogP contribution in [0.3, 0.4) is 0 Å². The number of aromatic nitrogens is 1. The van der Waals surface area contributed by atoms with Crippen molar-refractivity contribution in [1.82, 2.24) is 15.6 Å². The summed E-state index contributed by atoms with van der Waals surface area (Å²) in [6.07, 6.45) is -1.50. The van der Waals surface area contributed by atoms with Gasteiger partial charge in [-0.15, -0.1) is 0 Å². The molecule has 1 heterocycles. The molecule has 2 atom stereocenters. The van der Waals surface area contributed by atoms with Gasteiger partial charge in [0, 0.05) is 25.1 Å². The Morgan fingerprint density at radius 2 is 1.97 bits per heavy atom. The van der Waals surface area contributed by atoms with Gasteiger partial charge in [0.25, 0.3) is 0 Å². The Morgan fingerprint density at radius 3 is 2.66 bits per heavy atom. The molecule has 35 heavy (non-hydrogen) atoms. The van der Waals surface area contributed by atoms with E-state index in [0.717, 1.165) is 5.56 Å². The van der Waals surface area contributed by atoms with E-state index in [0.29, 0.717) is 11.3 Å². The summed E-state index contributed by atoms with van der Waals surface area (Å²) in [5.74, 6) is -0.348. The Labute approximate surface area is 206 Å². The monoisotopic (exact) mass is 504 g/mol. The largest absolute Gasteiger partial charge is 0.447 e. The van der Waals surface area contributed by atoms with Crippen molar-refractivity contribution in [2.45, 2.75) is 39.0 Å². The first-order valence-corrected chi connectivity index (χ1v) is 11.2. The van der Waals surface area contributed by atoms with Gasteiger partial charge in [-0.2, -0.15) is 0 Å². The van der Waals surface area contributed by atoms with E-state index < -0.39 is 30.0 Å². The molecule has 3 rings (SSSR count). The molecule has 9 nitrogen and oxygen atoms in total. The number of nitrogens with one attached hydrogen (secondary N) is 2. The number of rotatable bonds is 10. The number of carbonyl (C=O) groups excluding carboxylic acids is 2. The Balaban J connectivity index is 1.62. The van der Waals surface area contributed by atoms with Crippen LogP contribution in [0.15, 0.2) is 59.1 Å². The number of nitrogens with zero attached hydrogens (tertiary/aromatic N) is 2. The second kappa shape index (κ2) is 12.3. The van der Waals surface area contributed by atoms with Gasteiger partial charge in [0.05, 0.1) is 17.2 Å². The third kappa shape index (κ3) is 7.51. The lowest BCUT2D eigenvalue weighted by atomic mass is 10.1. The highest BCUT2D eigenvalue weighted by Crippen LogP contribution is 2.22. The quantitative estimate of drug-likeness (QED) is 0.351. The molecule has 0 aliphatic carbocycles. The Bertz CT molecular complexity index is 1140. The highest BCUT2D eigenvalue weighted by molar-refractivity contribution is 6.31. The van der Waals surface area contributed by atoms with E-state index in [1.807, 2.05) is 30.3 Å². The zero-order valence-corrected chi connectivity index (χ0v) is 20.0. The number of anilines is 1. The van der Waals surface area contributed by atoms with E-state index in [2.05, 4.69) is 15.9 Å². The van der Waals surface area contributed by atoms with Crippen molar-refractivity contribution in [3.63, 3.8) is 0 Å². The normalized spacial score (nSPS) is 12.6. The van der Waals surface area contributed by atoms with E-state index in [4.69, 9.17) is 20.9 Å². The van der Waals surface area contributed by atoms with Crippen LogP contribution in [-0.2, 0) is 16.1 Å². The predicted octanol–water partition coefficient (Wildman–Crippen LogP) is 4.38. The van der Waals surface area contributed by atoms with Crippen LogP contribution in [0, 0.1) is 5.82 Å². The molecule has 11 heteroatoms. The smallest absolute Gasteiger partial charge is 0.412 e. The number of aliphatic hydroxyl groups is 1. The zero-order valence-electron chi connectivity index (χ0n) is 19.2. The van der Waals surface area contributed by atoms with Crippen molar-refractivity contribution in [3.05, 3.63) is 71.0 Å². The first-order valence-electron chi connectivity index (χ1n) is 10.8. The lowest BCUT2D eigenvalue weighted by molar-refractivity contribution is -0.137.